The molecule has 1 aliphatic heterocycles. The third-order valence-corrected chi connectivity index (χ3v) is 2.85. The van der Waals surface area contributed by atoms with Crippen molar-refractivity contribution in [2.75, 3.05) is 6.54 Å². The summed E-state index contributed by atoms with van der Waals surface area (Å²) in [4.78, 5) is 34.9. The van der Waals surface area contributed by atoms with Crippen LogP contribution in [0.3, 0.4) is 0 Å². The molecule has 90 valence electrons. The molecule has 3 amide bonds. The minimum absolute atomic E-state index is 0.176. The van der Waals surface area contributed by atoms with E-state index < -0.39 is 5.54 Å². The van der Waals surface area contributed by atoms with Gasteiger partial charge >= 0.3 is 6.03 Å². The summed E-state index contributed by atoms with van der Waals surface area (Å²) in [7, 11) is 0. The lowest BCUT2D eigenvalue weighted by Crippen LogP contribution is -2.43. The predicted octanol–water partition coefficient (Wildman–Crippen LogP) is 1.08. The summed E-state index contributed by atoms with van der Waals surface area (Å²) in [6, 6.07) is -0.384. The minimum atomic E-state index is -0.782. The Morgan fingerprint density at radius 3 is 2.69 bits per heavy atom. The first-order chi connectivity index (χ1) is 7.55. The normalized spacial score (nSPS) is 24.8. The van der Waals surface area contributed by atoms with Crippen LogP contribution in [0.5, 0.6) is 0 Å². The van der Waals surface area contributed by atoms with Gasteiger partial charge in [0.25, 0.3) is 5.91 Å². The van der Waals surface area contributed by atoms with Crippen molar-refractivity contribution in [1.82, 2.24) is 10.2 Å². The molecular weight excluding hydrogens is 208 g/mol. The standard InChI is InChI=1S/C11H18N2O3/c1-3-4-6-11(2)9(15)13(7-5-8-14)10(16)12-11/h8H,3-7H2,1-2H3,(H,12,16). The number of imide groups is 1. The molecule has 1 atom stereocenters. The lowest BCUT2D eigenvalue weighted by molar-refractivity contribution is -0.131. The van der Waals surface area contributed by atoms with E-state index in [1.165, 1.54) is 0 Å². The smallest absolute Gasteiger partial charge is 0.323 e. The molecule has 5 nitrogen and oxygen atoms in total. The second-order valence-corrected chi connectivity index (χ2v) is 4.28. The van der Waals surface area contributed by atoms with Gasteiger partial charge in [0.1, 0.15) is 11.8 Å². The zero-order valence-electron chi connectivity index (χ0n) is 9.78. The Morgan fingerprint density at radius 2 is 2.12 bits per heavy atom. The Kier molecular flexibility index (Phi) is 4.04. The van der Waals surface area contributed by atoms with Crippen LogP contribution >= 0.6 is 0 Å². The summed E-state index contributed by atoms with van der Waals surface area (Å²) in [6.45, 7) is 3.95. The summed E-state index contributed by atoms with van der Waals surface area (Å²) >= 11 is 0. The SMILES string of the molecule is CCCCC1(C)NC(=O)N(CCC=O)C1=O. The molecule has 0 aromatic rings. The Balaban J connectivity index is 2.68. The second-order valence-electron chi connectivity index (χ2n) is 4.28. The van der Waals surface area contributed by atoms with Crippen LogP contribution in [0.25, 0.3) is 0 Å². The number of aldehydes is 1. The Labute approximate surface area is 95.2 Å². The maximum atomic E-state index is 12.0. The lowest BCUT2D eigenvalue weighted by Gasteiger charge is -2.20. The van der Waals surface area contributed by atoms with Gasteiger partial charge in [-0.15, -0.1) is 0 Å². The molecule has 0 aromatic heterocycles. The van der Waals surface area contributed by atoms with E-state index in [1.54, 1.807) is 6.92 Å². The first-order valence-corrected chi connectivity index (χ1v) is 5.63. The average Bonchev–Trinajstić information content (AvgIpc) is 2.46. The number of nitrogens with one attached hydrogen (secondary N) is 1. The maximum Gasteiger partial charge on any atom is 0.325 e. The van der Waals surface area contributed by atoms with Crippen LogP contribution in [0.2, 0.25) is 0 Å². The van der Waals surface area contributed by atoms with Crippen molar-refractivity contribution < 1.29 is 14.4 Å². The molecule has 0 radical (unpaired) electrons. The monoisotopic (exact) mass is 226 g/mol. The van der Waals surface area contributed by atoms with E-state index in [-0.39, 0.29) is 24.9 Å². The van der Waals surface area contributed by atoms with Crippen molar-refractivity contribution in [3.63, 3.8) is 0 Å². The van der Waals surface area contributed by atoms with Gasteiger partial charge < -0.3 is 10.1 Å². The van der Waals surface area contributed by atoms with E-state index in [4.69, 9.17) is 0 Å². The first kappa shape index (κ1) is 12.7. The van der Waals surface area contributed by atoms with Gasteiger partial charge in [-0.05, 0) is 13.3 Å². The molecule has 0 bridgehead atoms. The van der Waals surface area contributed by atoms with Crippen molar-refractivity contribution in [3.05, 3.63) is 0 Å². The van der Waals surface area contributed by atoms with Crippen LogP contribution in [0.15, 0.2) is 0 Å². The molecule has 16 heavy (non-hydrogen) atoms. The highest BCUT2D eigenvalue weighted by molar-refractivity contribution is 6.06. The molecule has 1 fully saturated rings. The molecule has 5 heteroatoms. The molecule has 0 aliphatic carbocycles. The number of urea groups is 1. The zero-order valence-corrected chi connectivity index (χ0v) is 9.78. The fourth-order valence-corrected chi connectivity index (χ4v) is 1.83. The van der Waals surface area contributed by atoms with Crippen molar-refractivity contribution in [2.45, 2.75) is 45.1 Å². The van der Waals surface area contributed by atoms with E-state index in [0.29, 0.717) is 12.7 Å². The van der Waals surface area contributed by atoms with Crippen molar-refractivity contribution in [2.24, 2.45) is 0 Å². The predicted molar refractivity (Wildman–Crippen MR) is 58.9 cm³/mol. The van der Waals surface area contributed by atoms with Gasteiger partial charge in [-0.25, -0.2) is 4.79 Å². The number of unbranched alkanes of at least 4 members (excludes halogenated alkanes) is 1. The fourth-order valence-electron chi connectivity index (χ4n) is 1.83. The quantitative estimate of drug-likeness (QED) is 0.544. The molecular formula is C11H18N2O3. The van der Waals surface area contributed by atoms with Gasteiger partial charge in [0.2, 0.25) is 0 Å². The van der Waals surface area contributed by atoms with Crippen molar-refractivity contribution in [1.29, 1.82) is 0 Å². The number of hydrogen-bond donors (Lipinski definition) is 1. The van der Waals surface area contributed by atoms with Gasteiger partial charge in [0.15, 0.2) is 0 Å². The van der Waals surface area contributed by atoms with Gasteiger partial charge in [0, 0.05) is 13.0 Å². The number of carbonyl (C=O) groups excluding carboxylic acids is 3. The van der Waals surface area contributed by atoms with Crippen molar-refractivity contribution in [3.8, 4) is 0 Å². The largest absolute Gasteiger partial charge is 0.325 e. The third kappa shape index (κ3) is 2.40. The van der Waals surface area contributed by atoms with Crippen LogP contribution < -0.4 is 5.32 Å². The fraction of sp³-hybridized carbons (Fsp3) is 0.727. The zero-order chi connectivity index (χ0) is 12.2. The molecule has 0 spiro atoms. The van der Waals surface area contributed by atoms with E-state index in [9.17, 15) is 14.4 Å². The molecule has 0 saturated carbocycles. The number of carbonyl (C=O) groups is 3. The van der Waals surface area contributed by atoms with Crippen LogP contribution in [-0.2, 0) is 9.59 Å². The average molecular weight is 226 g/mol. The highest BCUT2D eigenvalue weighted by Crippen LogP contribution is 2.23. The number of hydrogen-bond acceptors (Lipinski definition) is 3. The Morgan fingerprint density at radius 1 is 1.44 bits per heavy atom. The van der Waals surface area contributed by atoms with Gasteiger partial charge in [-0.3, -0.25) is 9.69 Å². The van der Waals surface area contributed by atoms with E-state index in [0.717, 1.165) is 17.7 Å². The lowest BCUT2D eigenvalue weighted by atomic mass is 9.95. The maximum absolute atomic E-state index is 12.0. The van der Waals surface area contributed by atoms with Crippen molar-refractivity contribution >= 4 is 18.2 Å². The van der Waals surface area contributed by atoms with Crippen LogP contribution in [-0.4, -0.2) is 35.2 Å². The highest BCUT2D eigenvalue weighted by atomic mass is 16.2. The van der Waals surface area contributed by atoms with Gasteiger partial charge in [-0.2, -0.15) is 0 Å². The van der Waals surface area contributed by atoms with Gasteiger partial charge in [0.05, 0.1) is 0 Å². The topological polar surface area (TPSA) is 66.5 Å². The Bertz CT molecular complexity index is 304. The summed E-state index contributed by atoms with van der Waals surface area (Å²) in [5.74, 6) is -0.215. The molecule has 1 saturated heterocycles. The number of amides is 3. The summed E-state index contributed by atoms with van der Waals surface area (Å²) < 4.78 is 0. The molecule has 1 unspecified atom stereocenters. The first-order valence-electron chi connectivity index (χ1n) is 5.63. The van der Waals surface area contributed by atoms with Crippen LogP contribution in [0.4, 0.5) is 4.79 Å². The molecule has 1 N–H and O–H groups in total. The molecule has 1 heterocycles. The van der Waals surface area contributed by atoms with Crippen LogP contribution in [0, 0.1) is 0 Å². The summed E-state index contributed by atoms with van der Waals surface area (Å²) in [5, 5.41) is 2.70. The second kappa shape index (κ2) is 5.09. The van der Waals surface area contributed by atoms with Crippen LogP contribution in [0.1, 0.15) is 39.5 Å². The molecule has 0 aromatic carbocycles. The molecule has 1 aliphatic rings. The minimum Gasteiger partial charge on any atom is -0.323 e. The van der Waals surface area contributed by atoms with E-state index in [2.05, 4.69) is 5.32 Å². The summed E-state index contributed by atoms with van der Waals surface area (Å²) in [6.07, 6.45) is 3.42. The van der Waals surface area contributed by atoms with E-state index in [1.807, 2.05) is 6.92 Å². The Hall–Kier alpha value is -1.39. The number of rotatable bonds is 6. The molecule has 1 rings (SSSR count). The van der Waals surface area contributed by atoms with Gasteiger partial charge in [-0.1, -0.05) is 19.8 Å². The highest BCUT2D eigenvalue weighted by Gasteiger charge is 2.46. The third-order valence-electron chi connectivity index (χ3n) is 2.85. The summed E-state index contributed by atoms with van der Waals surface area (Å²) in [5.41, 5.74) is -0.782. The number of nitrogens with zero attached hydrogens (tertiary/aromatic N) is 1. The van der Waals surface area contributed by atoms with E-state index >= 15 is 0 Å².